The van der Waals surface area contributed by atoms with Gasteiger partial charge in [0.2, 0.25) is 11.8 Å². The number of benzene rings is 2. The van der Waals surface area contributed by atoms with Gasteiger partial charge in [0.15, 0.2) is 0 Å². The predicted octanol–water partition coefficient (Wildman–Crippen LogP) is 2.86. The molecule has 0 heterocycles. The molecule has 0 saturated carbocycles. The Hall–Kier alpha value is -3.15. The molecular formula is C21H24N2O4. The van der Waals surface area contributed by atoms with Crippen LogP contribution in [0, 0.1) is 6.92 Å². The van der Waals surface area contributed by atoms with E-state index in [-0.39, 0.29) is 25.0 Å². The fraction of sp³-hybridized carbons (Fsp3) is 0.286. The molecule has 142 valence electrons. The van der Waals surface area contributed by atoms with Crippen LogP contribution in [0.25, 0.3) is 0 Å². The molecule has 0 atom stereocenters. The van der Waals surface area contributed by atoms with Crippen molar-refractivity contribution in [2.24, 2.45) is 0 Å². The van der Waals surface area contributed by atoms with Gasteiger partial charge in [-0.25, -0.2) is 4.79 Å². The van der Waals surface area contributed by atoms with Crippen LogP contribution in [0.3, 0.4) is 0 Å². The summed E-state index contributed by atoms with van der Waals surface area (Å²) in [5.74, 6) is -0.997. The SMILES string of the molecule is CCOC(=O)c1cccc(NC(=O)CNC(=O)CCc2ccc(C)cc2)c1. The van der Waals surface area contributed by atoms with Crippen molar-refractivity contribution < 1.29 is 19.1 Å². The van der Waals surface area contributed by atoms with Crippen LogP contribution < -0.4 is 10.6 Å². The van der Waals surface area contributed by atoms with Gasteiger partial charge >= 0.3 is 5.97 Å². The normalized spacial score (nSPS) is 10.1. The second-order valence-corrected chi connectivity index (χ2v) is 6.11. The van der Waals surface area contributed by atoms with Crippen LogP contribution in [-0.4, -0.2) is 30.9 Å². The zero-order valence-electron chi connectivity index (χ0n) is 15.6. The van der Waals surface area contributed by atoms with E-state index < -0.39 is 5.97 Å². The number of esters is 1. The first-order valence-electron chi connectivity index (χ1n) is 8.87. The maximum Gasteiger partial charge on any atom is 0.338 e. The number of nitrogens with one attached hydrogen (secondary N) is 2. The zero-order chi connectivity index (χ0) is 19.6. The Morgan fingerprint density at radius 3 is 2.44 bits per heavy atom. The van der Waals surface area contributed by atoms with E-state index >= 15 is 0 Å². The Labute approximate surface area is 158 Å². The van der Waals surface area contributed by atoms with Crippen molar-refractivity contribution in [2.45, 2.75) is 26.7 Å². The minimum absolute atomic E-state index is 0.129. The summed E-state index contributed by atoms with van der Waals surface area (Å²) in [6.07, 6.45) is 0.935. The molecule has 2 N–H and O–H groups in total. The zero-order valence-corrected chi connectivity index (χ0v) is 15.6. The van der Waals surface area contributed by atoms with E-state index in [1.54, 1.807) is 25.1 Å². The van der Waals surface area contributed by atoms with Crippen LogP contribution in [0.4, 0.5) is 5.69 Å². The maximum atomic E-state index is 12.0. The number of hydrogen-bond acceptors (Lipinski definition) is 4. The van der Waals surface area contributed by atoms with Crippen LogP contribution in [0.15, 0.2) is 48.5 Å². The van der Waals surface area contributed by atoms with Crippen molar-refractivity contribution >= 4 is 23.5 Å². The lowest BCUT2D eigenvalue weighted by molar-refractivity contribution is -0.124. The quantitative estimate of drug-likeness (QED) is 0.702. The summed E-state index contributed by atoms with van der Waals surface area (Å²) in [6.45, 7) is 3.89. The standard InChI is InChI=1S/C21H24N2O4/c1-3-27-21(26)17-5-4-6-18(13-17)23-20(25)14-22-19(24)12-11-16-9-7-15(2)8-10-16/h4-10,13H,3,11-12,14H2,1-2H3,(H,22,24)(H,23,25). The molecule has 0 spiro atoms. The highest BCUT2D eigenvalue weighted by Crippen LogP contribution is 2.11. The van der Waals surface area contributed by atoms with Crippen molar-refractivity contribution in [1.29, 1.82) is 0 Å². The molecule has 0 fully saturated rings. The van der Waals surface area contributed by atoms with E-state index in [1.807, 2.05) is 31.2 Å². The molecule has 0 aliphatic heterocycles. The van der Waals surface area contributed by atoms with E-state index in [9.17, 15) is 14.4 Å². The van der Waals surface area contributed by atoms with Gasteiger partial charge in [0.1, 0.15) is 0 Å². The van der Waals surface area contributed by atoms with Gasteiger partial charge in [0, 0.05) is 12.1 Å². The lowest BCUT2D eigenvalue weighted by Gasteiger charge is -2.08. The minimum atomic E-state index is -0.446. The molecule has 0 unspecified atom stereocenters. The molecule has 2 aromatic rings. The van der Waals surface area contributed by atoms with E-state index in [0.717, 1.165) is 5.56 Å². The Morgan fingerprint density at radius 2 is 1.74 bits per heavy atom. The van der Waals surface area contributed by atoms with Crippen LogP contribution in [0.1, 0.15) is 34.8 Å². The number of rotatable bonds is 8. The van der Waals surface area contributed by atoms with Crippen molar-refractivity contribution in [2.75, 3.05) is 18.5 Å². The summed E-state index contributed by atoms with van der Waals surface area (Å²) in [6, 6.07) is 14.5. The molecule has 6 nitrogen and oxygen atoms in total. The van der Waals surface area contributed by atoms with Gasteiger partial charge in [-0.2, -0.15) is 0 Å². The summed E-state index contributed by atoms with van der Waals surface area (Å²) in [4.78, 5) is 35.6. The van der Waals surface area contributed by atoms with Crippen molar-refractivity contribution in [3.63, 3.8) is 0 Å². The maximum absolute atomic E-state index is 12.0. The average Bonchev–Trinajstić information content (AvgIpc) is 2.66. The molecule has 6 heteroatoms. The van der Waals surface area contributed by atoms with Gasteiger partial charge in [0.05, 0.1) is 18.7 Å². The summed E-state index contributed by atoms with van der Waals surface area (Å²) < 4.78 is 4.93. The number of anilines is 1. The van der Waals surface area contributed by atoms with Gasteiger partial charge in [-0.3, -0.25) is 9.59 Å². The number of amides is 2. The monoisotopic (exact) mass is 368 g/mol. The Balaban J connectivity index is 1.77. The highest BCUT2D eigenvalue weighted by Gasteiger charge is 2.10. The third kappa shape index (κ3) is 6.93. The molecule has 0 radical (unpaired) electrons. The van der Waals surface area contributed by atoms with Gasteiger partial charge in [-0.05, 0) is 44.0 Å². The number of carbonyl (C=O) groups is 3. The lowest BCUT2D eigenvalue weighted by atomic mass is 10.1. The van der Waals surface area contributed by atoms with Gasteiger partial charge in [-0.15, -0.1) is 0 Å². The molecule has 0 saturated heterocycles. The van der Waals surface area contributed by atoms with Gasteiger partial charge < -0.3 is 15.4 Å². The van der Waals surface area contributed by atoms with E-state index in [4.69, 9.17) is 4.74 Å². The van der Waals surface area contributed by atoms with Gasteiger partial charge in [-0.1, -0.05) is 35.9 Å². The van der Waals surface area contributed by atoms with Crippen LogP contribution in [0.2, 0.25) is 0 Å². The summed E-state index contributed by atoms with van der Waals surface area (Å²) in [7, 11) is 0. The molecule has 0 aliphatic rings. The average molecular weight is 368 g/mol. The van der Waals surface area contributed by atoms with Crippen molar-refractivity contribution in [1.82, 2.24) is 5.32 Å². The Kier molecular flexibility index (Phi) is 7.55. The highest BCUT2D eigenvalue weighted by molar-refractivity contribution is 5.96. The molecule has 2 amide bonds. The van der Waals surface area contributed by atoms with Gasteiger partial charge in [0.25, 0.3) is 0 Å². The first kappa shape index (κ1) is 20.2. The number of hydrogen-bond donors (Lipinski definition) is 2. The number of ether oxygens (including phenoxy) is 1. The van der Waals surface area contributed by atoms with Crippen LogP contribution in [-0.2, 0) is 20.7 Å². The summed E-state index contributed by atoms with van der Waals surface area (Å²) in [5, 5.41) is 5.25. The largest absolute Gasteiger partial charge is 0.462 e. The van der Waals surface area contributed by atoms with Crippen molar-refractivity contribution in [3.8, 4) is 0 Å². The summed E-state index contributed by atoms with van der Waals surface area (Å²) >= 11 is 0. The third-order valence-electron chi connectivity index (χ3n) is 3.86. The van der Waals surface area contributed by atoms with E-state index in [1.165, 1.54) is 11.6 Å². The molecular weight excluding hydrogens is 344 g/mol. The molecule has 0 aromatic heterocycles. The van der Waals surface area contributed by atoms with Crippen LogP contribution in [0.5, 0.6) is 0 Å². The second-order valence-electron chi connectivity index (χ2n) is 6.11. The second kappa shape index (κ2) is 10.1. The Bertz CT molecular complexity index is 800. The molecule has 2 rings (SSSR count). The lowest BCUT2D eigenvalue weighted by Crippen LogP contribution is -2.33. The molecule has 2 aromatic carbocycles. The fourth-order valence-electron chi connectivity index (χ4n) is 2.42. The fourth-order valence-corrected chi connectivity index (χ4v) is 2.42. The van der Waals surface area contributed by atoms with E-state index in [2.05, 4.69) is 10.6 Å². The minimum Gasteiger partial charge on any atom is -0.462 e. The first-order chi connectivity index (χ1) is 13.0. The highest BCUT2D eigenvalue weighted by atomic mass is 16.5. The third-order valence-corrected chi connectivity index (χ3v) is 3.86. The molecule has 0 aliphatic carbocycles. The topological polar surface area (TPSA) is 84.5 Å². The van der Waals surface area contributed by atoms with Crippen molar-refractivity contribution in [3.05, 3.63) is 65.2 Å². The molecule has 27 heavy (non-hydrogen) atoms. The Morgan fingerprint density at radius 1 is 1.00 bits per heavy atom. The smallest absolute Gasteiger partial charge is 0.338 e. The summed E-state index contributed by atoms with van der Waals surface area (Å²) in [5.41, 5.74) is 3.08. The van der Waals surface area contributed by atoms with E-state index in [0.29, 0.717) is 24.1 Å². The van der Waals surface area contributed by atoms with Crippen LogP contribution >= 0.6 is 0 Å². The number of aryl methyl sites for hydroxylation is 2. The first-order valence-corrected chi connectivity index (χ1v) is 8.87. The molecule has 0 bridgehead atoms. The number of carbonyl (C=O) groups excluding carboxylic acids is 3. The predicted molar refractivity (Wildman–Crippen MR) is 104 cm³/mol.